The Morgan fingerprint density at radius 1 is 1.29 bits per heavy atom. The van der Waals surface area contributed by atoms with Crippen LogP contribution in [0.25, 0.3) is 0 Å². The average molecular weight is 253 g/mol. The SMILES string of the molecule is CSc1ccc(NC(=O)C(C)NC(N)=O)cc1. The second-order valence-electron chi connectivity index (χ2n) is 3.45. The fraction of sp³-hybridized carbons (Fsp3) is 0.273. The lowest BCUT2D eigenvalue weighted by Gasteiger charge is -2.12. The summed E-state index contributed by atoms with van der Waals surface area (Å²) in [5.74, 6) is -0.305. The number of anilines is 1. The summed E-state index contributed by atoms with van der Waals surface area (Å²) in [4.78, 5) is 23.3. The van der Waals surface area contributed by atoms with Crippen LogP contribution in [0.3, 0.4) is 0 Å². The third-order valence-electron chi connectivity index (χ3n) is 2.11. The molecule has 3 amide bonds. The smallest absolute Gasteiger partial charge is 0.312 e. The Labute approximate surface area is 104 Å². The highest BCUT2D eigenvalue weighted by molar-refractivity contribution is 7.98. The van der Waals surface area contributed by atoms with Crippen LogP contribution in [0, 0.1) is 0 Å². The first-order valence-corrected chi connectivity index (χ1v) is 6.26. The van der Waals surface area contributed by atoms with E-state index in [2.05, 4.69) is 10.6 Å². The first-order chi connectivity index (χ1) is 8.02. The first kappa shape index (κ1) is 13.4. The number of hydrogen-bond acceptors (Lipinski definition) is 3. The molecule has 0 aromatic heterocycles. The minimum atomic E-state index is -0.717. The maximum atomic E-state index is 11.6. The summed E-state index contributed by atoms with van der Waals surface area (Å²) in [5, 5.41) is 4.99. The molecule has 1 rings (SSSR count). The van der Waals surface area contributed by atoms with E-state index in [1.165, 1.54) is 0 Å². The number of primary amides is 1. The van der Waals surface area contributed by atoms with Crippen molar-refractivity contribution >= 4 is 29.4 Å². The minimum Gasteiger partial charge on any atom is -0.352 e. The second-order valence-corrected chi connectivity index (χ2v) is 4.33. The molecule has 1 unspecified atom stereocenters. The topological polar surface area (TPSA) is 84.2 Å². The fourth-order valence-corrected chi connectivity index (χ4v) is 1.61. The Bertz CT molecular complexity index is 406. The van der Waals surface area contributed by atoms with Crippen LogP contribution >= 0.6 is 11.8 Å². The van der Waals surface area contributed by atoms with Gasteiger partial charge >= 0.3 is 6.03 Å². The molecule has 0 aliphatic rings. The maximum absolute atomic E-state index is 11.6. The van der Waals surface area contributed by atoms with Gasteiger partial charge in [-0.05, 0) is 37.4 Å². The van der Waals surface area contributed by atoms with Crippen LogP contribution in [0.2, 0.25) is 0 Å². The molecule has 5 nitrogen and oxygen atoms in total. The minimum absolute atomic E-state index is 0.305. The van der Waals surface area contributed by atoms with E-state index in [4.69, 9.17) is 5.73 Å². The number of hydrogen-bond donors (Lipinski definition) is 3. The number of nitrogens with two attached hydrogens (primary N) is 1. The van der Waals surface area contributed by atoms with E-state index in [-0.39, 0.29) is 5.91 Å². The molecule has 1 atom stereocenters. The third-order valence-corrected chi connectivity index (χ3v) is 2.85. The fourth-order valence-electron chi connectivity index (χ4n) is 1.20. The van der Waals surface area contributed by atoms with Gasteiger partial charge in [0.15, 0.2) is 0 Å². The van der Waals surface area contributed by atoms with Crippen molar-refractivity contribution in [2.24, 2.45) is 5.73 Å². The number of carbonyl (C=O) groups is 2. The van der Waals surface area contributed by atoms with E-state index in [1.807, 2.05) is 18.4 Å². The number of carbonyl (C=O) groups excluding carboxylic acids is 2. The highest BCUT2D eigenvalue weighted by Gasteiger charge is 2.13. The van der Waals surface area contributed by atoms with Crippen molar-refractivity contribution in [2.45, 2.75) is 17.9 Å². The molecule has 92 valence electrons. The highest BCUT2D eigenvalue weighted by Crippen LogP contribution is 2.17. The largest absolute Gasteiger partial charge is 0.352 e. The van der Waals surface area contributed by atoms with Crippen LogP contribution in [0.4, 0.5) is 10.5 Å². The molecule has 0 saturated heterocycles. The van der Waals surface area contributed by atoms with Crippen molar-refractivity contribution in [3.63, 3.8) is 0 Å². The Balaban J connectivity index is 2.58. The number of urea groups is 1. The molecule has 4 N–H and O–H groups in total. The number of thioether (sulfide) groups is 1. The van der Waals surface area contributed by atoms with Gasteiger partial charge in [-0.1, -0.05) is 0 Å². The van der Waals surface area contributed by atoms with Gasteiger partial charge in [-0.3, -0.25) is 4.79 Å². The highest BCUT2D eigenvalue weighted by atomic mass is 32.2. The first-order valence-electron chi connectivity index (χ1n) is 5.04. The van der Waals surface area contributed by atoms with Crippen LogP contribution in [0.5, 0.6) is 0 Å². The molecule has 0 spiro atoms. The van der Waals surface area contributed by atoms with Crippen molar-refractivity contribution in [2.75, 3.05) is 11.6 Å². The van der Waals surface area contributed by atoms with Gasteiger partial charge in [0.2, 0.25) is 5.91 Å². The number of amides is 3. The van der Waals surface area contributed by atoms with Crippen LogP contribution < -0.4 is 16.4 Å². The molecular weight excluding hydrogens is 238 g/mol. The zero-order valence-electron chi connectivity index (χ0n) is 9.69. The normalized spacial score (nSPS) is 11.6. The summed E-state index contributed by atoms with van der Waals surface area (Å²) in [7, 11) is 0. The lowest BCUT2D eigenvalue weighted by molar-refractivity contribution is -0.117. The predicted octanol–water partition coefficient (Wildman–Crippen LogP) is 1.40. The Kier molecular flexibility index (Phi) is 4.84. The second kappa shape index (κ2) is 6.15. The summed E-state index contributed by atoms with van der Waals surface area (Å²) >= 11 is 1.62. The molecule has 1 aromatic carbocycles. The van der Waals surface area contributed by atoms with E-state index in [9.17, 15) is 9.59 Å². The maximum Gasteiger partial charge on any atom is 0.312 e. The lowest BCUT2D eigenvalue weighted by atomic mass is 10.2. The number of rotatable bonds is 4. The van der Waals surface area contributed by atoms with Crippen LogP contribution in [0.1, 0.15) is 6.92 Å². The molecular formula is C11H15N3O2S. The Hall–Kier alpha value is -1.69. The zero-order chi connectivity index (χ0) is 12.8. The van der Waals surface area contributed by atoms with Gasteiger partial charge in [0, 0.05) is 10.6 Å². The van der Waals surface area contributed by atoms with Gasteiger partial charge in [-0.15, -0.1) is 11.8 Å². The van der Waals surface area contributed by atoms with Crippen LogP contribution in [-0.2, 0) is 4.79 Å². The van der Waals surface area contributed by atoms with E-state index < -0.39 is 12.1 Å². The average Bonchev–Trinajstić information content (AvgIpc) is 2.29. The van der Waals surface area contributed by atoms with E-state index >= 15 is 0 Å². The van der Waals surface area contributed by atoms with Gasteiger partial charge in [-0.25, -0.2) is 4.79 Å². The van der Waals surface area contributed by atoms with E-state index in [0.717, 1.165) is 4.90 Å². The molecule has 0 aliphatic heterocycles. The molecule has 0 bridgehead atoms. The zero-order valence-corrected chi connectivity index (χ0v) is 10.5. The monoisotopic (exact) mass is 253 g/mol. The number of benzene rings is 1. The van der Waals surface area contributed by atoms with Crippen molar-refractivity contribution in [1.29, 1.82) is 0 Å². The van der Waals surface area contributed by atoms with Gasteiger partial charge in [0.25, 0.3) is 0 Å². The molecule has 0 saturated carbocycles. The summed E-state index contributed by atoms with van der Waals surface area (Å²) in [6.45, 7) is 1.57. The van der Waals surface area contributed by atoms with Crippen molar-refractivity contribution < 1.29 is 9.59 Å². The molecule has 0 aliphatic carbocycles. The van der Waals surface area contributed by atoms with Gasteiger partial charge < -0.3 is 16.4 Å². The van der Waals surface area contributed by atoms with Crippen molar-refractivity contribution in [3.8, 4) is 0 Å². The standard InChI is InChI=1S/C11H15N3O2S/c1-7(13-11(12)16)10(15)14-8-3-5-9(17-2)6-4-8/h3-7H,1-2H3,(H,14,15)(H3,12,13,16). The van der Waals surface area contributed by atoms with Gasteiger partial charge in [0.1, 0.15) is 6.04 Å². The van der Waals surface area contributed by atoms with Gasteiger partial charge in [-0.2, -0.15) is 0 Å². The summed E-state index contributed by atoms with van der Waals surface area (Å²) < 4.78 is 0. The summed E-state index contributed by atoms with van der Waals surface area (Å²) in [6.07, 6.45) is 1.98. The summed E-state index contributed by atoms with van der Waals surface area (Å²) in [5.41, 5.74) is 5.62. The third kappa shape index (κ3) is 4.36. The number of nitrogens with one attached hydrogen (secondary N) is 2. The quantitative estimate of drug-likeness (QED) is 0.709. The van der Waals surface area contributed by atoms with Crippen molar-refractivity contribution in [3.05, 3.63) is 24.3 Å². The molecule has 0 heterocycles. The van der Waals surface area contributed by atoms with E-state index in [1.54, 1.807) is 30.8 Å². The molecule has 0 radical (unpaired) electrons. The summed E-state index contributed by atoms with van der Waals surface area (Å²) in [6, 6.07) is 6.05. The Morgan fingerprint density at radius 2 is 1.88 bits per heavy atom. The lowest BCUT2D eigenvalue weighted by Crippen LogP contribution is -2.44. The van der Waals surface area contributed by atoms with Crippen molar-refractivity contribution in [1.82, 2.24) is 5.32 Å². The van der Waals surface area contributed by atoms with Crippen LogP contribution in [-0.4, -0.2) is 24.2 Å². The van der Waals surface area contributed by atoms with Crippen LogP contribution in [0.15, 0.2) is 29.2 Å². The molecule has 17 heavy (non-hydrogen) atoms. The Morgan fingerprint density at radius 3 is 2.35 bits per heavy atom. The molecule has 0 fully saturated rings. The predicted molar refractivity (Wildman–Crippen MR) is 69.0 cm³/mol. The van der Waals surface area contributed by atoms with E-state index in [0.29, 0.717) is 5.69 Å². The molecule has 1 aromatic rings. The molecule has 6 heteroatoms. The van der Waals surface area contributed by atoms with Gasteiger partial charge in [0.05, 0.1) is 0 Å².